The summed E-state index contributed by atoms with van der Waals surface area (Å²) < 4.78 is 5.94. The van der Waals surface area contributed by atoms with Crippen LogP contribution in [0.25, 0.3) is 0 Å². The molecule has 6 heteroatoms. The van der Waals surface area contributed by atoms with Gasteiger partial charge in [-0.15, -0.1) is 0 Å². The standard InChI is InChI=1S/C18H18Cl2N2O2/c19-14-5-1-3-7-16(14)21-18(23)22-11-9-13(10-12-22)24-17-8-4-2-6-15(17)20/h1-8,13H,9-12H2,(H,21,23). The molecule has 2 amide bonds. The van der Waals surface area contributed by atoms with Gasteiger partial charge in [0.25, 0.3) is 0 Å². The third-order valence-corrected chi connectivity index (χ3v) is 4.62. The maximum Gasteiger partial charge on any atom is 0.321 e. The van der Waals surface area contributed by atoms with E-state index in [2.05, 4.69) is 5.32 Å². The minimum atomic E-state index is -0.140. The van der Waals surface area contributed by atoms with E-state index in [1.807, 2.05) is 36.4 Å². The van der Waals surface area contributed by atoms with Gasteiger partial charge in [-0.3, -0.25) is 0 Å². The first-order valence-electron chi connectivity index (χ1n) is 7.85. The van der Waals surface area contributed by atoms with Gasteiger partial charge in [0, 0.05) is 25.9 Å². The molecule has 3 rings (SSSR count). The van der Waals surface area contributed by atoms with Crippen LogP contribution in [-0.2, 0) is 0 Å². The summed E-state index contributed by atoms with van der Waals surface area (Å²) in [5.41, 5.74) is 0.624. The molecule has 1 saturated heterocycles. The van der Waals surface area contributed by atoms with E-state index < -0.39 is 0 Å². The summed E-state index contributed by atoms with van der Waals surface area (Å²) in [4.78, 5) is 14.1. The lowest BCUT2D eigenvalue weighted by molar-refractivity contribution is 0.115. The van der Waals surface area contributed by atoms with Gasteiger partial charge in [0.1, 0.15) is 11.9 Å². The molecule has 2 aromatic carbocycles. The van der Waals surface area contributed by atoms with Gasteiger partial charge in [-0.25, -0.2) is 4.79 Å². The van der Waals surface area contributed by atoms with Gasteiger partial charge in [-0.05, 0) is 24.3 Å². The number of benzene rings is 2. The summed E-state index contributed by atoms with van der Waals surface area (Å²) in [5.74, 6) is 0.693. The first-order valence-corrected chi connectivity index (χ1v) is 8.61. The topological polar surface area (TPSA) is 41.6 Å². The zero-order valence-electron chi connectivity index (χ0n) is 13.0. The predicted octanol–water partition coefficient (Wildman–Crippen LogP) is 5.07. The summed E-state index contributed by atoms with van der Waals surface area (Å²) in [5, 5.41) is 3.98. The van der Waals surface area contributed by atoms with E-state index in [1.165, 1.54) is 0 Å². The Morgan fingerprint density at radius 2 is 1.62 bits per heavy atom. The second kappa shape index (κ2) is 7.77. The first kappa shape index (κ1) is 16.9. The van der Waals surface area contributed by atoms with Crippen molar-refractivity contribution in [3.63, 3.8) is 0 Å². The minimum Gasteiger partial charge on any atom is -0.489 e. The highest BCUT2D eigenvalue weighted by Crippen LogP contribution is 2.27. The van der Waals surface area contributed by atoms with Gasteiger partial charge in [-0.1, -0.05) is 47.5 Å². The van der Waals surface area contributed by atoms with Crippen LogP contribution in [0.5, 0.6) is 5.75 Å². The van der Waals surface area contributed by atoms with Crippen LogP contribution >= 0.6 is 23.2 Å². The number of carbonyl (C=O) groups is 1. The van der Waals surface area contributed by atoms with E-state index in [4.69, 9.17) is 27.9 Å². The molecule has 0 radical (unpaired) electrons. The molecule has 2 aromatic rings. The van der Waals surface area contributed by atoms with Crippen molar-refractivity contribution in [2.75, 3.05) is 18.4 Å². The molecule has 1 aliphatic rings. The van der Waals surface area contributed by atoms with Gasteiger partial charge in [-0.2, -0.15) is 0 Å². The van der Waals surface area contributed by atoms with Crippen molar-refractivity contribution in [3.8, 4) is 5.75 Å². The molecule has 0 unspecified atom stereocenters. The highest BCUT2D eigenvalue weighted by atomic mass is 35.5. The number of urea groups is 1. The van der Waals surface area contributed by atoms with Crippen LogP contribution in [0.3, 0.4) is 0 Å². The van der Waals surface area contributed by atoms with Crippen molar-refractivity contribution in [2.24, 2.45) is 0 Å². The molecule has 0 aliphatic carbocycles. The number of piperidine rings is 1. The molecule has 1 aliphatic heterocycles. The van der Waals surface area contributed by atoms with Crippen LogP contribution in [-0.4, -0.2) is 30.1 Å². The van der Waals surface area contributed by atoms with Gasteiger partial charge < -0.3 is 15.0 Å². The smallest absolute Gasteiger partial charge is 0.321 e. The van der Waals surface area contributed by atoms with Gasteiger partial charge >= 0.3 is 6.03 Å². The maximum absolute atomic E-state index is 12.3. The number of para-hydroxylation sites is 2. The Morgan fingerprint density at radius 1 is 1.00 bits per heavy atom. The highest BCUT2D eigenvalue weighted by molar-refractivity contribution is 6.33. The lowest BCUT2D eigenvalue weighted by Crippen LogP contribution is -2.43. The fourth-order valence-corrected chi connectivity index (χ4v) is 3.02. The number of likely N-dealkylation sites (tertiary alicyclic amines) is 1. The molecule has 1 N–H and O–H groups in total. The number of anilines is 1. The molecule has 1 heterocycles. The third-order valence-electron chi connectivity index (χ3n) is 3.97. The van der Waals surface area contributed by atoms with Crippen LogP contribution in [0.15, 0.2) is 48.5 Å². The Bertz CT molecular complexity index is 716. The van der Waals surface area contributed by atoms with Crippen LogP contribution in [0, 0.1) is 0 Å². The normalized spacial score (nSPS) is 15.2. The average molecular weight is 365 g/mol. The minimum absolute atomic E-state index is 0.0641. The Kier molecular flexibility index (Phi) is 5.48. The second-order valence-electron chi connectivity index (χ2n) is 5.64. The largest absolute Gasteiger partial charge is 0.489 e. The number of hydrogen-bond donors (Lipinski definition) is 1. The highest BCUT2D eigenvalue weighted by Gasteiger charge is 2.24. The zero-order valence-corrected chi connectivity index (χ0v) is 14.6. The van der Waals surface area contributed by atoms with Gasteiger partial charge in [0.15, 0.2) is 0 Å². The van der Waals surface area contributed by atoms with E-state index >= 15 is 0 Å². The number of halogens is 2. The molecule has 126 valence electrons. The van der Waals surface area contributed by atoms with Crippen LogP contribution in [0.4, 0.5) is 10.5 Å². The van der Waals surface area contributed by atoms with E-state index in [9.17, 15) is 4.79 Å². The number of carbonyl (C=O) groups excluding carboxylic acids is 1. The lowest BCUT2D eigenvalue weighted by atomic mass is 10.1. The summed E-state index contributed by atoms with van der Waals surface area (Å²) in [6.45, 7) is 1.26. The SMILES string of the molecule is O=C(Nc1ccccc1Cl)N1CCC(Oc2ccccc2Cl)CC1. The van der Waals surface area contributed by atoms with Crippen molar-refractivity contribution >= 4 is 34.9 Å². The number of nitrogens with zero attached hydrogens (tertiary/aromatic N) is 1. The predicted molar refractivity (Wildman–Crippen MR) is 97.1 cm³/mol. The quantitative estimate of drug-likeness (QED) is 0.825. The first-order chi connectivity index (χ1) is 11.6. The maximum atomic E-state index is 12.3. The number of rotatable bonds is 3. The molecular weight excluding hydrogens is 347 g/mol. The fourth-order valence-electron chi connectivity index (χ4n) is 2.65. The van der Waals surface area contributed by atoms with Crippen molar-refractivity contribution in [1.29, 1.82) is 0 Å². The molecule has 0 bridgehead atoms. The Hall–Kier alpha value is -1.91. The molecule has 0 saturated carbocycles. The third kappa shape index (κ3) is 4.13. The number of ether oxygens (including phenoxy) is 1. The number of amides is 2. The Labute approximate surface area is 151 Å². The van der Waals surface area contributed by atoms with Crippen molar-refractivity contribution in [3.05, 3.63) is 58.6 Å². The number of hydrogen-bond acceptors (Lipinski definition) is 2. The molecule has 0 spiro atoms. The lowest BCUT2D eigenvalue weighted by Gasteiger charge is -2.32. The summed E-state index contributed by atoms with van der Waals surface area (Å²) >= 11 is 12.2. The summed E-state index contributed by atoms with van der Waals surface area (Å²) in [7, 11) is 0. The molecule has 4 nitrogen and oxygen atoms in total. The van der Waals surface area contributed by atoms with E-state index in [1.54, 1.807) is 17.0 Å². The van der Waals surface area contributed by atoms with Crippen LogP contribution < -0.4 is 10.1 Å². The number of nitrogens with one attached hydrogen (secondary N) is 1. The van der Waals surface area contributed by atoms with Gasteiger partial charge in [0.05, 0.1) is 15.7 Å². The average Bonchev–Trinajstić information content (AvgIpc) is 2.59. The monoisotopic (exact) mass is 364 g/mol. The van der Waals surface area contributed by atoms with E-state index in [0.717, 1.165) is 12.8 Å². The summed E-state index contributed by atoms with van der Waals surface area (Å²) in [6, 6.07) is 14.5. The molecule has 1 fully saturated rings. The molecule has 24 heavy (non-hydrogen) atoms. The van der Waals surface area contributed by atoms with Gasteiger partial charge in [0.2, 0.25) is 0 Å². The van der Waals surface area contributed by atoms with Crippen LogP contribution in [0.2, 0.25) is 10.0 Å². The molecule has 0 atom stereocenters. The van der Waals surface area contributed by atoms with E-state index in [-0.39, 0.29) is 12.1 Å². The Balaban J connectivity index is 1.52. The zero-order chi connectivity index (χ0) is 16.9. The van der Waals surface area contributed by atoms with Crippen molar-refractivity contribution in [1.82, 2.24) is 4.90 Å². The second-order valence-corrected chi connectivity index (χ2v) is 6.46. The van der Waals surface area contributed by atoms with Crippen molar-refractivity contribution < 1.29 is 9.53 Å². The van der Waals surface area contributed by atoms with Crippen molar-refractivity contribution in [2.45, 2.75) is 18.9 Å². The molecular formula is C18H18Cl2N2O2. The summed E-state index contributed by atoms with van der Waals surface area (Å²) in [6.07, 6.45) is 1.59. The fraction of sp³-hybridized carbons (Fsp3) is 0.278. The molecule has 0 aromatic heterocycles. The Morgan fingerprint density at radius 3 is 2.29 bits per heavy atom. The van der Waals surface area contributed by atoms with Crippen LogP contribution in [0.1, 0.15) is 12.8 Å². The van der Waals surface area contributed by atoms with E-state index in [0.29, 0.717) is 34.6 Å².